The fourth-order valence-corrected chi connectivity index (χ4v) is 4.10. The minimum absolute atomic E-state index is 0.596. The van der Waals surface area contributed by atoms with Gasteiger partial charge in [0.15, 0.2) is 5.79 Å². The van der Waals surface area contributed by atoms with E-state index >= 15 is 0 Å². The average Bonchev–Trinajstić information content (AvgIpc) is 2.78. The lowest BCUT2D eigenvalue weighted by atomic mass is 10.1. The van der Waals surface area contributed by atoms with Crippen molar-refractivity contribution in [2.24, 2.45) is 15.7 Å². The molecule has 2 saturated heterocycles. The second kappa shape index (κ2) is 9.72. The molecule has 0 spiro atoms. The van der Waals surface area contributed by atoms with Gasteiger partial charge in [-0.1, -0.05) is 6.07 Å². The Morgan fingerprint density at radius 1 is 1.13 bits per heavy atom. The van der Waals surface area contributed by atoms with Gasteiger partial charge in [0, 0.05) is 71.2 Å². The molecule has 4 rings (SSSR count). The van der Waals surface area contributed by atoms with E-state index in [0.29, 0.717) is 12.5 Å². The van der Waals surface area contributed by atoms with Gasteiger partial charge in [0.25, 0.3) is 0 Å². The number of rotatable bonds is 5. The first-order valence-electron chi connectivity index (χ1n) is 11.1. The van der Waals surface area contributed by atoms with Crippen molar-refractivity contribution in [3.63, 3.8) is 0 Å². The molecule has 9 nitrogen and oxygen atoms in total. The topological polar surface area (TPSA) is 97.4 Å². The molecule has 1 atom stereocenters. The smallest absolute Gasteiger partial charge is 0.225 e. The number of nitrogens with two attached hydrogens (primary N) is 1. The fraction of sp³-hybridized carbons (Fsp3) is 0.667. The molecular weight excluding hydrogens is 378 g/mol. The lowest BCUT2D eigenvalue weighted by Crippen LogP contribution is -2.63. The Kier molecular flexibility index (Phi) is 6.81. The van der Waals surface area contributed by atoms with Crippen LogP contribution < -0.4 is 16.4 Å². The predicted octanol–water partition coefficient (Wildman–Crippen LogP) is 0.222. The van der Waals surface area contributed by atoms with Crippen LogP contribution in [0.2, 0.25) is 0 Å². The number of aliphatic imine (C=N–C) groups is 2. The zero-order valence-electron chi connectivity index (χ0n) is 18.1. The molecule has 4 N–H and O–H groups in total. The minimum Gasteiger partial charge on any atom is -0.350 e. The second-order valence-corrected chi connectivity index (χ2v) is 8.58. The number of hydrogen-bond donors (Lipinski definition) is 3. The SMILES string of the molecule is CN1CCN(CCC2(N)N=C(NCc3cccnc3)N=C(N3CCCCC3)N2)CC1. The molecule has 0 bridgehead atoms. The first-order chi connectivity index (χ1) is 14.6. The van der Waals surface area contributed by atoms with Crippen molar-refractivity contribution in [3.05, 3.63) is 30.1 Å². The predicted molar refractivity (Wildman–Crippen MR) is 120 cm³/mol. The van der Waals surface area contributed by atoms with Gasteiger partial charge in [0.2, 0.25) is 11.9 Å². The van der Waals surface area contributed by atoms with Gasteiger partial charge >= 0.3 is 0 Å². The number of likely N-dealkylation sites (N-methyl/N-ethyl adjacent to an activating group) is 1. The summed E-state index contributed by atoms with van der Waals surface area (Å²) in [5, 5.41) is 6.81. The minimum atomic E-state index is -0.852. The van der Waals surface area contributed by atoms with E-state index < -0.39 is 5.79 Å². The van der Waals surface area contributed by atoms with Gasteiger partial charge in [-0.05, 0) is 37.9 Å². The Balaban J connectivity index is 1.44. The highest BCUT2D eigenvalue weighted by Crippen LogP contribution is 2.16. The zero-order valence-corrected chi connectivity index (χ0v) is 18.1. The second-order valence-electron chi connectivity index (χ2n) is 8.58. The van der Waals surface area contributed by atoms with Gasteiger partial charge in [-0.15, -0.1) is 0 Å². The van der Waals surface area contributed by atoms with Crippen molar-refractivity contribution in [3.8, 4) is 0 Å². The lowest BCUT2D eigenvalue weighted by Gasteiger charge is -2.39. The van der Waals surface area contributed by atoms with E-state index in [4.69, 9.17) is 15.7 Å². The number of nitrogens with zero attached hydrogens (tertiary/aromatic N) is 6. The Morgan fingerprint density at radius 2 is 1.93 bits per heavy atom. The number of nitrogens with one attached hydrogen (secondary N) is 2. The van der Waals surface area contributed by atoms with Crippen LogP contribution in [0, 0.1) is 0 Å². The molecule has 1 unspecified atom stereocenters. The van der Waals surface area contributed by atoms with Crippen molar-refractivity contribution in [2.45, 2.75) is 38.0 Å². The maximum absolute atomic E-state index is 6.76. The molecule has 2 fully saturated rings. The number of pyridine rings is 1. The summed E-state index contributed by atoms with van der Waals surface area (Å²) in [4.78, 5) is 20.9. The number of hydrogen-bond acceptors (Lipinski definition) is 9. The summed E-state index contributed by atoms with van der Waals surface area (Å²) in [5.41, 5.74) is 7.86. The molecule has 0 saturated carbocycles. The van der Waals surface area contributed by atoms with Crippen molar-refractivity contribution < 1.29 is 0 Å². The molecule has 1 aromatic rings. The first-order valence-corrected chi connectivity index (χ1v) is 11.1. The summed E-state index contributed by atoms with van der Waals surface area (Å²) in [5.74, 6) is 0.591. The molecular formula is C21H35N9. The van der Waals surface area contributed by atoms with Gasteiger partial charge in [-0.2, -0.15) is 4.99 Å². The van der Waals surface area contributed by atoms with E-state index in [1.54, 1.807) is 6.20 Å². The van der Waals surface area contributed by atoms with E-state index in [1.807, 2.05) is 18.3 Å². The maximum atomic E-state index is 6.76. The zero-order chi connectivity index (χ0) is 20.8. The van der Waals surface area contributed by atoms with E-state index in [2.05, 4.69) is 37.4 Å². The van der Waals surface area contributed by atoms with Gasteiger partial charge in [-0.3, -0.25) is 10.7 Å². The Labute approximate surface area is 179 Å². The third-order valence-corrected chi connectivity index (χ3v) is 6.08. The molecule has 1 aromatic heterocycles. The number of likely N-dealkylation sites (tertiary alicyclic amines) is 1. The summed E-state index contributed by atoms with van der Waals surface area (Å²) in [6.45, 7) is 7.93. The summed E-state index contributed by atoms with van der Waals surface area (Å²) in [6.07, 6.45) is 8.03. The van der Waals surface area contributed by atoms with Crippen molar-refractivity contribution in [1.29, 1.82) is 0 Å². The summed E-state index contributed by atoms with van der Waals surface area (Å²) >= 11 is 0. The van der Waals surface area contributed by atoms with Gasteiger partial charge < -0.3 is 25.3 Å². The highest BCUT2D eigenvalue weighted by atomic mass is 15.4. The van der Waals surface area contributed by atoms with Crippen LogP contribution in [-0.4, -0.2) is 90.3 Å². The van der Waals surface area contributed by atoms with E-state index in [1.165, 1.54) is 19.3 Å². The third kappa shape index (κ3) is 5.68. The van der Waals surface area contributed by atoms with Gasteiger partial charge in [0.1, 0.15) is 0 Å². The van der Waals surface area contributed by atoms with Crippen molar-refractivity contribution in [1.82, 2.24) is 30.3 Å². The highest BCUT2D eigenvalue weighted by molar-refractivity contribution is 5.97. The molecule has 164 valence electrons. The summed E-state index contributed by atoms with van der Waals surface area (Å²) < 4.78 is 0. The van der Waals surface area contributed by atoms with Crippen LogP contribution in [0.3, 0.4) is 0 Å². The van der Waals surface area contributed by atoms with Crippen molar-refractivity contribution >= 4 is 11.9 Å². The summed E-state index contributed by atoms with van der Waals surface area (Å²) in [6, 6.07) is 3.98. The Bertz CT molecular complexity index is 736. The molecule has 0 radical (unpaired) electrons. The molecule has 9 heteroatoms. The highest BCUT2D eigenvalue weighted by Gasteiger charge is 2.33. The molecule has 0 aromatic carbocycles. The van der Waals surface area contributed by atoms with Crippen LogP contribution in [0.25, 0.3) is 0 Å². The van der Waals surface area contributed by atoms with Crippen LogP contribution in [0.1, 0.15) is 31.2 Å². The van der Waals surface area contributed by atoms with E-state index in [-0.39, 0.29) is 0 Å². The Morgan fingerprint density at radius 3 is 2.67 bits per heavy atom. The van der Waals surface area contributed by atoms with Gasteiger partial charge in [0.05, 0.1) is 0 Å². The van der Waals surface area contributed by atoms with Gasteiger partial charge in [-0.25, -0.2) is 4.99 Å². The van der Waals surface area contributed by atoms with Crippen LogP contribution in [-0.2, 0) is 6.54 Å². The monoisotopic (exact) mass is 413 g/mol. The molecule has 30 heavy (non-hydrogen) atoms. The Hall–Kier alpha value is -2.23. The average molecular weight is 414 g/mol. The van der Waals surface area contributed by atoms with E-state index in [0.717, 1.165) is 63.8 Å². The maximum Gasteiger partial charge on any atom is 0.225 e. The molecule has 0 aliphatic carbocycles. The molecule has 3 aliphatic heterocycles. The largest absolute Gasteiger partial charge is 0.350 e. The van der Waals surface area contributed by atoms with Crippen LogP contribution in [0.15, 0.2) is 34.5 Å². The molecule has 3 aliphatic rings. The first kappa shape index (κ1) is 21.0. The standard InChI is InChI=1S/C21H35N9/c1-28-12-14-29(15-13-28)11-7-21(22)26-19(24-17-18-6-5-8-23-16-18)25-20(27-21)30-9-3-2-4-10-30/h5-6,8,16H,2-4,7,9-15,17,22H2,1H3,(H2,24,25,26,27). The number of piperidine rings is 1. The van der Waals surface area contributed by atoms with Crippen molar-refractivity contribution in [2.75, 3.05) is 52.9 Å². The summed E-state index contributed by atoms with van der Waals surface area (Å²) in [7, 11) is 2.18. The number of guanidine groups is 2. The quantitative estimate of drug-likeness (QED) is 0.635. The number of aromatic nitrogens is 1. The molecule has 0 amide bonds. The third-order valence-electron chi connectivity index (χ3n) is 6.08. The van der Waals surface area contributed by atoms with Crippen LogP contribution in [0.5, 0.6) is 0 Å². The van der Waals surface area contributed by atoms with Crippen LogP contribution in [0.4, 0.5) is 0 Å². The lowest BCUT2D eigenvalue weighted by molar-refractivity contribution is 0.141. The van der Waals surface area contributed by atoms with E-state index in [9.17, 15) is 0 Å². The number of piperazine rings is 1. The normalized spacial score (nSPS) is 26.0. The molecule has 4 heterocycles. The fourth-order valence-electron chi connectivity index (χ4n) is 4.10. The van der Waals surface area contributed by atoms with Crippen LogP contribution >= 0.6 is 0 Å².